The second-order valence-corrected chi connectivity index (χ2v) is 3.95. The lowest BCUT2D eigenvalue weighted by Crippen LogP contribution is -2.08. The maximum absolute atomic E-state index is 10.9. The summed E-state index contributed by atoms with van der Waals surface area (Å²) in [6.45, 7) is 0. The van der Waals surface area contributed by atoms with Gasteiger partial charge in [0.2, 0.25) is 0 Å². The Morgan fingerprint density at radius 3 is 2.38 bits per heavy atom. The molecule has 0 bridgehead atoms. The third-order valence-corrected chi connectivity index (χ3v) is 2.59. The lowest BCUT2D eigenvalue weighted by atomic mass is 10.1. The lowest BCUT2D eigenvalue weighted by Gasteiger charge is -2.13. The number of carbonyl (C=O) groups is 1. The van der Waals surface area contributed by atoms with Gasteiger partial charge in [-0.25, -0.2) is 4.79 Å². The molecule has 0 saturated carbocycles. The highest BCUT2D eigenvalue weighted by molar-refractivity contribution is 5.95. The van der Waals surface area contributed by atoms with Crippen molar-refractivity contribution in [2.45, 2.75) is 0 Å². The second kappa shape index (κ2) is 3.85. The van der Waals surface area contributed by atoms with Gasteiger partial charge in [0.05, 0.1) is 5.56 Å². The van der Waals surface area contributed by atoms with E-state index < -0.39 is 5.97 Å². The van der Waals surface area contributed by atoms with Crippen LogP contribution in [0.1, 0.15) is 10.4 Å². The smallest absolute Gasteiger partial charge is 0.335 e. The number of fused-ring (bicyclic) bond motifs is 1. The van der Waals surface area contributed by atoms with Gasteiger partial charge in [-0.15, -0.1) is 0 Å². The Kier molecular flexibility index (Phi) is 2.52. The normalized spacial score (nSPS) is 10.4. The Morgan fingerprint density at radius 1 is 1.06 bits per heavy atom. The number of aromatic carboxylic acids is 1. The van der Waals surface area contributed by atoms with Crippen molar-refractivity contribution in [2.24, 2.45) is 0 Å². The minimum atomic E-state index is -0.892. The zero-order chi connectivity index (χ0) is 11.7. The highest BCUT2D eigenvalue weighted by Crippen LogP contribution is 2.22. The Bertz CT molecular complexity index is 547. The van der Waals surface area contributed by atoms with Gasteiger partial charge in [0.15, 0.2) is 0 Å². The summed E-state index contributed by atoms with van der Waals surface area (Å²) in [5.74, 6) is -0.892. The standard InChI is InChI=1S/C13H13NO2/c1-14(2)12-6-5-9-3-4-10(13(15)16)7-11(9)8-12/h3-8H,1-2H3,(H,15,16). The Morgan fingerprint density at radius 2 is 1.75 bits per heavy atom. The lowest BCUT2D eigenvalue weighted by molar-refractivity contribution is 0.0697. The van der Waals surface area contributed by atoms with Crippen LogP contribution >= 0.6 is 0 Å². The third-order valence-electron chi connectivity index (χ3n) is 2.59. The summed E-state index contributed by atoms with van der Waals surface area (Å²) in [5, 5.41) is 10.9. The molecule has 0 aliphatic rings. The molecule has 3 heteroatoms. The van der Waals surface area contributed by atoms with E-state index >= 15 is 0 Å². The van der Waals surface area contributed by atoms with Gasteiger partial charge in [0.1, 0.15) is 0 Å². The maximum atomic E-state index is 10.9. The Labute approximate surface area is 93.9 Å². The van der Waals surface area contributed by atoms with Crippen LogP contribution in [0.5, 0.6) is 0 Å². The first-order chi connectivity index (χ1) is 7.58. The summed E-state index contributed by atoms with van der Waals surface area (Å²) in [6.07, 6.45) is 0. The van der Waals surface area contributed by atoms with E-state index in [-0.39, 0.29) is 0 Å². The Balaban J connectivity index is 2.61. The zero-order valence-corrected chi connectivity index (χ0v) is 9.27. The molecule has 0 atom stereocenters. The number of rotatable bonds is 2. The number of hydrogen-bond donors (Lipinski definition) is 1. The van der Waals surface area contributed by atoms with Gasteiger partial charge >= 0.3 is 5.97 Å². The maximum Gasteiger partial charge on any atom is 0.335 e. The molecule has 2 aromatic rings. The minimum Gasteiger partial charge on any atom is -0.478 e. The summed E-state index contributed by atoms with van der Waals surface area (Å²) in [4.78, 5) is 12.8. The van der Waals surface area contributed by atoms with Gasteiger partial charge < -0.3 is 10.0 Å². The van der Waals surface area contributed by atoms with Crippen molar-refractivity contribution in [1.29, 1.82) is 0 Å². The van der Waals surface area contributed by atoms with E-state index in [1.165, 1.54) is 0 Å². The van der Waals surface area contributed by atoms with Gasteiger partial charge in [-0.1, -0.05) is 12.1 Å². The fourth-order valence-corrected chi connectivity index (χ4v) is 1.65. The second-order valence-electron chi connectivity index (χ2n) is 3.95. The number of hydrogen-bond acceptors (Lipinski definition) is 2. The summed E-state index contributed by atoms with van der Waals surface area (Å²) in [5.41, 5.74) is 1.39. The molecule has 0 aliphatic heterocycles. The van der Waals surface area contributed by atoms with Gasteiger partial charge in [0.25, 0.3) is 0 Å². The summed E-state index contributed by atoms with van der Waals surface area (Å²) < 4.78 is 0. The number of carboxylic acids is 1. The van der Waals surface area contributed by atoms with Crippen LogP contribution < -0.4 is 4.90 Å². The SMILES string of the molecule is CN(C)c1ccc2ccc(C(=O)O)cc2c1. The van der Waals surface area contributed by atoms with Crippen LogP contribution in [-0.2, 0) is 0 Å². The van der Waals surface area contributed by atoms with Crippen molar-refractivity contribution in [3.8, 4) is 0 Å². The molecule has 0 unspecified atom stereocenters. The molecule has 0 saturated heterocycles. The molecule has 3 nitrogen and oxygen atoms in total. The molecule has 2 aromatic carbocycles. The topological polar surface area (TPSA) is 40.5 Å². The number of nitrogens with zero attached hydrogens (tertiary/aromatic N) is 1. The highest BCUT2D eigenvalue weighted by atomic mass is 16.4. The van der Waals surface area contributed by atoms with Crippen LogP contribution in [0.3, 0.4) is 0 Å². The van der Waals surface area contributed by atoms with E-state index in [2.05, 4.69) is 0 Å². The van der Waals surface area contributed by atoms with E-state index in [4.69, 9.17) is 5.11 Å². The van der Waals surface area contributed by atoms with Crippen LogP contribution in [0.4, 0.5) is 5.69 Å². The predicted molar refractivity (Wildman–Crippen MR) is 65.2 cm³/mol. The van der Waals surface area contributed by atoms with E-state index in [1.54, 1.807) is 12.1 Å². The number of carboxylic acid groups (broad SMARTS) is 1. The fourth-order valence-electron chi connectivity index (χ4n) is 1.65. The molecule has 0 radical (unpaired) electrons. The molecule has 1 N–H and O–H groups in total. The van der Waals surface area contributed by atoms with Crippen LogP contribution in [0.15, 0.2) is 36.4 Å². The molecule has 0 fully saturated rings. The van der Waals surface area contributed by atoms with Crippen LogP contribution in [-0.4, -0.2) is 25.2 Å². The molecule has 0 heterocycles. The largest absolute Gasteiger partial charge is 0.478 e. The molecule has 16 heavy (non-hydrogen) atoms. The van der Waals surface area contributed by atoms with Gasteiger partial charge in [-0.3, -0.25) is 0 Å². The van der Waals surface area contributed by atoms with E-state index in [0.717, 1.165) is 16.5 Å². The van der Waals surface area contributed by atoms with Gasteiger partial charge in [-0.05, 0) is 35.0 Å². The number of benzene rings is 2. The zero-order valence-electron chi connectivity index (χ0n) is 9.27. The van der Waals surface area contributed by atoms with E-state index in [0.29, 0.717) is 5.56 Å². The van der Waals surface area contributed by atoms with Crippen molar-refractivity contribution in [3.63, 3.8) is 0 Å². The van der Waals surface area contributed by atoms with Crippen molar-refractivity contribution >= 4 is 22.4 Å². The molecule has 0 spiro atoms. The fraction of sp³-hybridized carbons (Fsp3) is 0.154. The van der Waals surface area contributed by atoms with Crippen LogP contribution in [0, 0.1) is 0 Å². The van der Waals surface area contributed by atoms with E-state index in [1.807, 2.05) is 43.3 Å². The molecule has 82 valence electrons. The quantitative estimate of drug-likeness (QED) is 0.837. The molecule has 0 aliphatic carbocycles. The van der Waals surface area contributed by atoms with E-state index in [9.17, 15) is 4.79 Å². The third kappa shape index (κ3) is 1.84. The Hall–Kier alpha value is -2.03. The van der Waals surface area contributed by atoms with Crippen molar-refractivity contribution < 1.29 is 9.90 Å². The molecular weight excluding hydrogens is 202 g/mol. The van der Waals surface area contributed by atoms with Crippen LogP contribution in [0.25, 0.3) is 10.8 Å². The van der Waals surface area contributed by atoms with Crippen molar-refractivity contribution in [1.82, 2.24) is 0 Å². The predicted octanol–water partition coefficient (Wildman–Crippen LogP) is 2.60. The minimum absolute atomic E-state index is 0.323. The van der Waals surface area contributed by atoms with Crippen LogP contribution in [0.2, 0.25) is 0 Å². The average molecular weight is 215 g/mol. The summed E-state index contributed by atoms with van der Waals surface area (Å²) >= 11 is 0. The van der Waals surface area contributed by atoms with Crippen molar-refractivity contribution in [2.75, 3.05) is 19.0 Å². The van der Waals surface area contributed by atoms with Gasteiger partial charge in [0, 0.05) is 19.8 Å². The monoisotopic (exact) mass is 215 g/mol. The number of anilines is 1. The summed E-state index contributed by atoms with van der Waals surface area (Å²) in [7, 11) is 3.92. The van der Waals surface area contributed by atoms with Gasteiger partial charge in [-0.2, -0.15) is 0 Å². The molecule has 0 amide bonds. The first kappa shape index (κ1) is 10.5. The molecular formula is C13H13NO2. The average Bonchev–Trinajstić information content (AvgIpc) is 2.27. The van der Waals surface area contributed by atoms with Crippen molar-refractivity contribution in [3.05, 3.63) is 42.0 Å². The first-order valence-corrected chi connectivity index (χ1v) is 5.02. The summed E-state index contributed by atoms with van der Waals surface area (Å²) in [6, 6.07) is 11.2. The highest BCUT2D eigenvalue weighted by Gasteiger charge is 2.04. The first-order valence-electron chi connectivity index (χ1n) is 5.02. The molecule has 2 rings (SSSR count). The molecule has 0 aromatic heterocycles.